The fourth-order valence-electron chi connectivity index (χ4n) is 3.85. The number of aliphatic imine (C=N–C) groups is 1. The third kappa shape index (κ3) is 7.83. The molecule has 8 nitrogen and oxygen atoms in total. The van der Waals surface area contributed by atoms with E-state index in [1.807, 2.05) is 27.8 Å². The molecule has 162 valence electrons. The molecular formula is C20H39N5O3. The molecule has 8 heteroatoms. The Kier molecular flexibility index (Phi) is 8.37. The number of carbonyl (C=O) groups is 1. The molecule has 2 heterocycles. The van der Waals surface area contributed by atoms with Gasteiger partial charge in [-0.15, -0.1) is 0 Å². The molecule has 3 unspecified atom stereocenters. The summed E-state index contributed by atoms with van der Waals surface area (Å²) in [6.45, 7) is 15.5. The van der Waals surface area contributed by atoms with Gasteiger partial charge in [-0.1, -0.05) is 0 Å². The molecule has 0 aliphatic carbocycles. The number of hydrogen-bond acceptors (Lipinski definition) is 5. The maximum absolute atomic E-state index is 12.0. The van der Waals surface area contributed by atoms with Crippen LogP contribution in [0.25, 0.3) is 0 Å². The number of morpholine rings is 1. The Morgan fingerprint density at radius 2 is 1.89 bits per heavy atom. The number of guanidine groups is 1. The standard InChI is InChI=1S/C20H39N5O3/c1-15-12-24(13-16(2)27-15)10-7-9-22-18(21-6)25-11-8-17(14-25)23-19(26)28-20(3,4)5/h15-17H,7-14H2,1-6H3,(H,21,22)(H,23,26). The summed E-state index contributed by atoms with van der Waals surface area (Å²) in [7, 11) is 1.81. The van der Waals surface area contributed by atoms with Gasteiger partial charge in [-0.2, -0.15) is 0 Å². The van der Waals surface area contributed by atoms with Crippen LogP contribution in [-0.2, 0) is 9.47 Å². The van der Waals surface area contributed by atoms with Crippen molar-refractivity contribution < 1.29 is 14.3 Å². The minimum absolute atomic E-state index is 0.0877. The van der Waals surface area contributed by atoms with Crippen molar-refractivity contribution in [2.24, 2.45) is 4.99 Å². The van der Waals surface area contributed by atoms with E-state index in [0.717, 1.165) is 58.1 Å². The van der Waals surface area contributed by atoms with Gasteiger partial charge in [0.1, 0.15) is 5.60 Å². The number of hydrogen-bond donors (Lipinski definition) is 2. The van der Waals surface area contributed by atoms with Crippen molar-refractivity contribution in [2.45, 2.75) is 71.3 Å². The van der Waals surface area contributed by atoms with Crippen molar-refractivity contribution in [3.63, 3.8) is 0 Å². The van der Waals surface area contributed by atoms with Crippen molar-refractivity contribution >= 4 is 12.1 Å². The molecule has 0 bridgehead atoms. The van der Waals surface area contributed by atoms with E-state index in [-0.39, 0.29) is 12.1 Å². The molecule has 28 heavy (non-hydrogen) atoms. The predicted molar refractivity (Wildman–Crippen MR) is 112 cm³/mol. The molecule has 2 rings (SSSR count). The summed E-state index contributed by atoms with van der Waals surface area (Å²) in [6.07, 6.45) is 2.22. The summed E-state index contributed by atoms with van der Waals surface area (Å²) in [5.74, 6) is 0.900. The topological polar surface area (TPSA) is 78.4 Å². The zero-order valence-corrected chi connectivity index (χ0v) is 18.5. The first kappa shape index (κ1) is 22.7. The van der Waals surface area contributed by atoms with Gasteiger partial charge in [-0.3, -0.25) is 9.89 Å². The predicted octanol–water partition coefficient (Wildman–Crippen LogP) is 1.66. The van der Waals surface area contributed by atoms with E-state index in [0.29, 0.717) is 12.2 Å². The highest BCUT2D eigenvalue weighted by atomic mass is 16.6. The van der Waals surface area contributed by atoms with Gasteiger partial charge in [0.15, 0.2) is 5.96 Å². The number of ether oxygens (including phenoxy) is 2. The summed E-state index contributed by atoms with van der Waals surface area (Å²) in [5.41, 5.74) is -0.476. The third-order valence-electron chi connectivity index (χ3n) is 4.85. The average molecular weight is 398 g/mol. The van der Waals surface area contributed by atoms with E-state index in [1.165, 1.54) is 0 Å². The summed E-state index contributed by atoms with van der Waals surface area (Å²) in [6, 6.07) is 0.0877. The molecule has 2 N–H and O–H groups in total. The van der Waals surface area contributed by atoms with Gasteiger partial charge >= 0.3 is 6.09 Å². The molecular weight excluding hydrogens is 358 g/mol. The second-order valence-electron chi connectivity index (χ2n) is 8.92. The molecule has 0 saturated carbocycles. The molecule has 0 aromatic carbocycles. The van der Waals surface area contributed by atoms with Gasteiger partial charge < -0.3 is 25.0 Å². The molecule has 0 aromatic rings. The minimum atomic E-state index is -0.476. The second-order valence-corrected chi connectivity index (χ2v) is 8.92. The van der Waals surface area contributed by atoms with Gasteiger partial charge in [0, 0.05) is 46.3 Å². The van der Waals surface area contributed by atoms with Crippen LogP contribution in [0.5, 0.6) is 0 Å². The molecule has 2 saturated heterocycles. The molecule has 2 aliphatic heterocycles. The van der Waals surface area contributed by atoms with Crippen LogP contribution in [0.3, 0.4) is 0 Å². The van der Waals surface area contributed by atoms with Crippen molar-refractivity contribution in [2.75, 3.05) is 46.3 Å². The lowest BCUT2D eigenvalue weighted by Crippen LogP contribution is -2.47. The zero-order valence-electron chi connectivity index (χ0n) is 18.5. The summed E-state index contributed by atoms with van der Waals surface area (Å²) in [4.78, 5) is 21.0. The Hall–Kier alpha value is -1.54. The number of carbonyl (C=O) groups excluding carboxylic acids is 1. The Labute approximate surface area is 170 Å². The third-order valence-corrected chi connectivity index (χ3v) is 4.85. The maximum Gasteiger partial charge on any atom is 0.407 e. The lowest BCUT2D eigenvalue weighted by molar-refractivity contribution is -0.0679. The highest BCUT2D eigenvalue weighted by molar-refractivity contribution is 5.80. The highest BCUT2D eigenvalue weighted by Gasteiger charge is 2.28. The number of amides is 1. The molecule has 1 amide bonds. The van der Waals surface area contributed by atoms with E-state index in [9.17, 15) is 4.79 Å². The lowest BCUT2D eigenvalue weighted by Gasteiger charge is -2.35. The Morgan fingerprint density at radius 3 is 2.50 bits per heavy atom. The van der Waals surface area contributed by atoms with Crippen LogP contribution in [0.2, 0.25) is 0 Å². The highest BCUT2D eigenvalue weighted by Crippen LogP contribution is 2.13. The van der Waals surface area contributed by atoms with Crippen molar-refractivity contribution in [1.82, 2.24) is 20.4 Å². The fourth-order valence-corrected chi connectivity index (χ4v) is 3.85. The van der Waals surface area contributed by atoms with Gasteiger partial charge in [0.05, 0.1) is 18.2 Å². The van der Waals surface area contributed by atoms with Crippen LogP contribution in [0.15, 0.2) is 4.99 Å². The summed E-state index contributed by atoms with van der Waals surface area (Å²) >= 11 is 0. The first-order valence-electron chi connectivity index (χ1n) is 10.5. The van der Waals surface area contributed by atoms with Gasteiger partial charge in [0.2, 0.25) is 0 Å². The number of nitrogens with one attached hydrogen (secondary N) is 2. The molecule has 3 atom stereocenters. The van der Waals surface area contributed by atoms with Crippen LogP contribution in [0, 0.1) is 0 Å². The number of rotatable bonds is 5. The van der Waals surface area contributed by atoms with Gasteiger partial charge in [-0.25, -0.2) is 4.79 Å². The average Bonchev–Trinajstić information content (AvgIpc) is 3.00. The Morgan fingerprint density at radius 1 is 1.21 bits per heavy atom. The maximum atomic E-state index is 12.0. The van der Waals surface area contributed by atoms with E-state index >= 15 is 0 Å². The van der Waals surface area contributed by atoms with E-state index in [1.54, 1.807) is 0 Å². The van der Waals surface area contributed by atoms with E-state index in [2.05, 4.69) is 39.3 Å². The Bertz CT molecular complexity index is 524. The molecule has 0 spiro atoms. The normalized spacial score (nSPS) is 27.0. The van der Waals surface area contributed by atoms with Crippen molar-refractivity contribution in [1.29, 1.82) is 0 Å². The van der Waals surface area contributed by atoms with Gasteiger partial charge in [-0.05, 0) is 47.5 Å². The molecule has 0 radical (unpaired) electrons. The largest absolute Gasteiger partial charge is 0.444 e. The number of alkyl carbamates (subject to hydrolysis) is 1. The summed E-state index contributed by atoms with van der Waals surface area (Å²) < 4.78 is 11.1. The van der Waals surface area contributed by atoms with Crippen molar-refractivity contribution in [3.8, 4) is 0 Å². The monoisotopic (exact) mass is 397 g/mol. The van der Waals surface area contributed by atoms with E-state index < -0.39 is 5.60 Å². The molecule has 0 aromatic heterocycles. The van der Waals surface area contributed by atoms with E-state index in [4.69, 9.17) is 9.47 Å². The Balaban J connectivity index is 1.67. The minimum Gasteiger partial charge on any atom is -0.444 e. The SMILES string of the molecule is CN=C(NCCCN1CC(C)OC(C)C1)N1CCC(NC(=O)OC(C)(C)C)C1. The first-order chi connectivity index (χ1) is 13.2. The molecule has 2 fully saturated rings. The second kappa shape index (κ2) is 10.3. The summed E-state index contributed by atoms with van der Waals surface area (Å²) in [5, 5.41) is 6.42. The van der Waals surface area contributed by atoms with Crippen LogP contribution < -0.4 is 10.6 Å². The molecule has 2 aliphatic rings. The van der Waals surface area contributed by atoms with Gasteiger partial charge in [0.25, 0.3) is 0 Å². The number of nitrogens with zero attached hydrogens (tertiary/aromatic N) is 3. The smallest absolute Gasteiger partial charge is 0.407 e. The van der Waals surface area contributed by atoms with Crippen LogP contribution in [0.1, 0.15) is 47.5 Å². The number of likely N-dealkylation sites (tertiary alicyclic amines) is 1. The zero-order chi connectivity index (χ0) is 20.7. The van der Waals surface area contributed by atoms with Crippen LogP contribution in [0.4, 0.5) is 4.79 Å². The quantitative estimate of drug-likeness (QED) is 0.417. The first-order valence-corrected chi connectivity index (χ1v) is 10.5. The van der Waals surface area contributed by atoms with Crippen LogP contribution >= 0.6 is 0 Å². The lowest BCUT2D eigenvalue weighted by atomic mass is 10.2. The van der Waals surface area contributed by atoms with Crippen LogP contribution in [-0.4, -0.2) is 92.0 Å². The van der Waals surface area contributed by atoms with Crippen molar-refractivity contribution in [3.05, 3.63) is 0 Å². The fraction of sp³-hybridized carbons (Fsp3) is 0.900.